The molecule has 4 heteroatoms. The standard InChI is InChI=1S/C14H20N2O2/c1-11-10-15-6-7-16(11)14(17)9-12-4-3-5-13(8-12)18-2/h3-5,8,11,15H,6-7,9-10H2,1-2H3/t11-/m0/s1. The lowest BCUT2D eigenvalue weighted by molar-refractivity contribution is -0.133. The lowest BCUT2D eigenvalue weighted by Gasteiger charge is -2.34. The van der Waals surface area contributed by atoms with Crippen LogP contribution >= 0.6 is 0 Å². The molecule has 0 spiro atoms. The van der Waals surface area contributed by atoms with Crippen molar-refractivity contribution in [1.82, 2.24) is 10.2 Å². The van der Waals surface area contributed by atoms with Crippen molar-refractivity contribution >= 4 is 5.91 Å². The summed E-state index contributed by atoms with van der Waals surface area (Å²) in [5.74, 6) is 0.992. The maximum Gasteiger partial charge on any atom is 0.227 e. The highest BCUT2D eigenvalue weighted by Crippen LogP contribution is 2.14. The van der Waals surface area contributed by atoms with E-state index < -0.39 is 0 Å². The van der Waals surface area contributed by atoms with E-state index in [2.05, 4.69) is 12.2 Å². The number of carbonyl (C=O) groups excluding carboxylic acids is 1. The van der Waals surface area contributed by atoms with Gasteiger partial charge in [-0.05, 0) is 24.6 Å². The maximum absolute atomic E-state index is 12.2. The molecule has 2 rings (SSSR count). The second-order valence-corrected chi connectivity index (χ2v) is 4.67. The first kappa shape index (κ1) is 12.9. The Morgan fingerprint density at radius 1 is 1.56 bits per heavy atom. The minimum Gasteiger partial charge on any atom is -0.497 e. The Labute approximate surface area is 108 Å². The topological polar surface area (TPSA) is 41.6 Å². The van der Waals surface area contributed by atoms with Crippen molar-refractivity contribution in [2.75, 3.05) is 26.7 Å². The zero-order chi connectivity index (χ0) is 13.0. The number of nitrogens with one attached hydrogen (secondary N) is 1. The van der Waals surface area contributed by atoms with Crippen LogP contribution in [0, 0.1) is 0 Å². The zero-order valence-electron chi connectivity index (χ0n) is 11.0. The fourth-order valence-electron chi connectivity index (χ4n) is 2.27. The van der Waals surface area contributed by atoms with Gasteiger partial charge < -0.3 is 15.0 Å². The number of carbonyl (C=O) groups is 1. The van der Waals surface area contributed by atoms with E-state index in [1.165, 1.54) is 0 Å². The minimum atomic E-state index is 0.192. The average Bonchev–Trinajstić information content (AvgIpc) is 2.39. The summed E-state index contributed by atoms with van der Waals surface area (Å²) in [6.45, 7) is 4.64. The molecule has 1 saturated heterocycles. The van der Waals surface area contributed by atoms with E-state index in [4.69, 9.17) is 4.74 Å². The van der Waals surface area contributed by atoms with E-state index in [1.54, 1.807) is 7.11 Å². The van der Waals surface area contributed by atoms with Crippen molar-refractivity contribution in [2.24, 2.45) is 0 Å². The van der Waals surface area contributed by atoms with E-state index in [-0.39, 0.29) is 11.9 Å². The van der Waals surface area contributed by atoms with Crippen molar-refractivity contribution in [3.8, 4) is 5.75 Å². The van der Waals surface area contributed by atoms with Gasteiger partial charge in [0.1, 0.15) is 5.75 Å². The molecule has 1 amide bonds. The summed E-state index contributed by atoms with van der Waals surface area (Å²) < 4.78 is 5.17. The van der Waals surface area contributed by atoms with Gasteiger partial charge in [-0.3, -0.25) is 4.79 Å². The number of ether oxygens (including phenoxy) is 1. The van der Waals surface area contributed by atoms with Crippen LogP contribution in [0.3, 0.4) is 0 Å². The molecule has 0 radical (unpaired) electrons. The van der Waals surface area contributed by atoms with Gasteiger partial charge in [0.25, 0.3) is 0 Å². The summed E-state index contributed by atoms with van der Waals surface area (Å²) in [5.41, 5.74) is 1.00. The lowest BCUT2D eigenvalue weighted by Crippen LogP contribution is -2.52. The minimum absolute atomic E-state index is 0.192. The van der Waals surface area contributed by atoms with Gasteiger partial charge in [-0.1, -0.05) is 12.1 Å². The molecule has 1 atom stereocenters. The number of piperazine rings is 1. The number of methoxy groups -OCH3 is 1. The summed E-state index contributed by atoms with van der Waals surface area (Å²) in [6.07, 6.45) is 0.446. The van der Waals surface area contributed by atoms with Crippen molar-refractivity contribution in [2.45, 2.75) is 19.4 Å². The van der Waals surface area contributed by atoms with Crippen LogP contribution < -0.4 is 10.1 Å². The molecule has 1 N–H and O–H groups in total. The van der Waals surface area contributed by atoms with Gasteiger partial charge in [-0.15, -0.1) is 0 Å². The predicted molar refractivity (Wildman–Crippen MR) is 70.7 cm³/mol. The molecule has 4 nitrogen and oxygen atoms in total. The van der Waals surface area contributed by atoms with Crippen LogP contribution in [0.1, 0.15) is 12.5 Å². The monoisotopic (exact) mass is 248 g/mol. The maximum atomic E-state index is 12.2. The quantitative estimate of drug-likeness (QED) is 0.869. The number of amides is 1. The normalized spacial score (nSPS) is 19.7. The molecule has 98 valence electrons. The molecule has 1 aliphatic heterocycles. The van der Waals surface area contributed by atoms with E-state index >= 15 is 0 Å². The molecule has 0 saturated carbocycles. The molecular formula is C14H20N2O2. The molecule has 0 unspecified atom stereocenters. The Balaban J connectivity index is 2.01. The second kappa shape index (κ2) is 5.87. The summed E-state index contributed by atoms with van der Waals surface area (Å²) in [5, 5.41) is 3.29. The van der Waals surface area contributed by atoms with E-state index in [9.17, 15) is 4.79 Å². The first-order valence-electron chi connectivity index (χ1n) is 6.34. The van der Waals surface area contributed by atoms with Gasteiger partial charge in [0.05, 0.1) is 13.5 Å². The van der Waals surface area contributed by atoms with Crippen LogP contribution in [0.15, 0.2) is 24.3 Å². The Morgan fingerprint density at radius 3 is 3.11 bits per heavy atom. The van der Waals surface area contributed by atoms with Gasteiger partial charge in [0, 0.05) is 25.7 Å². The molecule has 18 heavy (non-hydrogen) atoms. The van der Waals surface area contributed by atoms with Gasteiger partial charge in [0.15, 0.2) is 0 Å². The third-order valence-corrected chi connectivity index (χ3v) is 3.31. The van der Waals surface area contributed by atoms with Crippen LogP contribution in [0.4, 0.5) is 0 Å². The highest BCUT2D eigenvalue weighted by atomic mass is 16.5. The van der Waals surface area contributed by atoms with Crippen LogP contribution in [-0.2, 0) is 11.2 Å². The molecule has 1 aliphatic rings. The number of hydrogen-bond acceptors (Lipinski definition) is 3. The lowest BCUT2D eigenvalue weighted by atomic mass is 10.1. The molecule has 1 aromatic rings. The molecular weight excluding hydrogens is 228 g/mol. The predicted octanol–water partition coefficient (Wildman–Crippen LogP) is 1.06. The van der Waals surface area contributed by atoms with Crippen molar-refractivity contribution in [3.05, 3.63) is 29.8 Å². The highest BCUT2D eigenvalue weighted by Gasteiger charge is 2.22. The van der Waals surface area contributed by atoms with Crippen LogP contribution in [0.2, 0.25) is 0 Å². The van der Waals surface area contributed by atoms with Crippen LogP contribution in [0.25, 0.3) is 0 Å². The van der Waals surface area contributed by atoms with Crippen molar-refractivity contribution < 1.29 is 9.53 Å². The zero-order valence-corrected chi connectivity index (χ0v) is 11.0. The second-order valence-electron chi connectivity index (χ2n) is 4.67. The molecule has 1 heterocycles. The average molecular weight is 248 g/mol. The molecule has 0 aromatic heterocycles. The fourth-order valence-corrected chi connectivity index (χ4v) is 2.27. The molecule has 1 aromatic carbocycles. The molecule has 1 fully saturated rings. The van der Waals surface area contributed by atoms with E-state index in [0.717, 1.165) is 30.9 Å². The van der Waals surface area contributed by atoms with Crippen molar-refractivity contribution in [1.29, 1.82) is 0 Å². The van der Waals surface area contributed by atoms with E-state index in [0.29, 0.717) is 6.42 Å². The largest absolute Gasteiger partial charge is 0.497 e. The van der Waals surface area contributed by atoms with Gasteiger partial charge in [0.2, 0.25) is 5.91 Å². The Bertz CT molecular complexity index is 420. The Hall–Kier alpha value is -1.55. The molecule has 0 bridgehead atoms. The highest BCUT2D eigenvalue weighted by molar-refractivity contribution is 5.79. The van der Waals surface area contributed by atoms with Gasteiger partial charge in [-0.25, -0.2) is 0 Å². The number of hydrogen-bond donors (Lipinski definition) is 1. The van der Waals surface area contributed by atoms with Crippen molar-refractivity contribution in [3.63, 3.8) is 0 Å². The van der Waals surface area contributed by atoms with Gasteiger partial charge in [-0.2, -0.15) is 0 Å². The Kier molecular flexibility index (Phi) is 4.20. The summed E-state index contributed by atoms with van der Waals surface area (Å²) in [7, 11) is 1.64. The summed E-state index contributed by atoms with van der Waals surface area (Å²) in [6, 6.07) is 7.97. The van der Waals surface area contributed by atoms with E-state index in [1.807, 2.05) is 29.2 Å². The SMILES string of the molecule is COc1cccc(CC(=O)N2CCNC[C@@H]2C)c1. The van der Waals surface area contributed by atoms with Crippen LogP contribution in [0.5, 0.6) is 5.75 Å². The Morgan fingerprint density at radius 2 is 2.39 bits per heavy atom. The first-order valence-corrected chi connectivity index (χ1v) is 6.34. The summed E-state index contributed by atoms with van der Waals surface area (Å²) in [4.78, 5) is 14.2. The number of rotatable bonds is 3. The number of benzene rings is 1. The third kappa shape index (κ3) is 3.01. The fraction of sp³-hybridized carbons (Fsp3) is 0.500. The number of nitrogens with zero attached hydrogens (tertiary/aromatic N) is 1. The smallest absolute Gasteiger partial charge is 0.227 e. The van der Waals surface area contributed by atoms with Gasteiger partial charge >= 0.3 is 0 Å². The molecule has 0 aliphatic carbocycles. The van der Waals surface area contributed by atoms with Crippen LogP contribution in [-0.4, -0.2) is 43.6 Å². The third-order valence-electron chi connectivity index (χ3n) is 3.31. The first-order chi connectivity index (χ1) is 8.70. The summed E-state index contributed by atoms with van der Waals surface area (Å²) >= 11 is 0.